The number of nitrogens with two attached hydrogens (primary N) is 1. The molecule has 0 bridgehead atoms. The highest BCUT2D eigenvalue weighted by Gasteiger charge is 2.25. The van der Waals surface area contributed by atoms with Gasteiger partial charge in [-0.15, -0.1) is 12.4 Å². The van der Waals surface area contributed by atoms with E-state index in [1.807, 2.05) is 44.3 Å². The van der Waals surface area contributed by atoms with Crippen LogP contribution in [0.4, 0.5) is 0 Å². The number of para-hydroxylation sites is 1. The summed E-state index contributed by atoms with van der Waals surface area (Å²) >= 11 is 0. The van der Waals surface area contributed by atoms with Gasteiger partial charge in [0.15, 0.2) is 0 Å². The molecule has 0 fully saturated rings. The molecule has 0 unspecified atom stereocenters. The summed E-state index contributed by atoms with van der Waals surface area (Å²) in [6.07, 6.45) is 3.40. The van der Waals surface area contributed by atoms with Crippen molar-refractivity contribution < 1.29 is 23.9 Å². The first kappa shape index (κ1) is 27.7. The molecule has 1 aromatic carbocycles. The summed E-state index contributed by atoms with van der Waals surface area (Å²) in [7, 11) is 0. The van der Waals surface area contributed by atoms with Crippen LogP contribution in [-0.2, 0) is 30.3 Å². The van der Waals surface area contributed by atoms with Crippen LogP contribution in [-0.4, -0.2) is 42.0 Å². The van der Waals surface area contributed by atoms with E-state index in [1.54, 1.807) is 6.92 Å². The van der Waals surface area contributed by atoms with E-state index in [-0.39, 0.29) is 44.1 Å². The Morgan fingerprint density at radius 1 is 1.06 bits per heavy atom. The van der Waals surface area contributed by atoms with Gasteiger partial charge in [-0.2, -0.15) is 0 Å². The summed E-state index contributed by atoms with van der Waals surface area (Å²) in [5, 5.41) is 1.02. The molecule has 0 aliphatic heterocycles. The Bertz CT molecular complexity index is 880. The monoisotopic (exact) mass is 466 g/mol. The third kappa shape index (κ3) is 8.63. The van der Waals surface area contributed by atoms with E-state index in [4.69, 9.17) is 15.2 Å². The van der Waals surface area contributed by atoms with E-state index in [1.165, 1.54) is 0 Å². The molecule has 1 aromatic heterocycles. The summed E-state index contributed by atoms with van der Waals surface area (Å²) < 4.78 is 10.3. The maximum Gasteiger partial charge on any atom is 0.322 e. The Kier molecular flexibility index (Phi) is 12.0. The number of ketones is 1. The first-order valence-electron chi connectivity index (χ1n) is 11.0. The number of fused-ring (bicyclic) bond motifs is 1. The van der Waals surface area contributed by atoms with Gasteiger partial charge in [0.25, 0.3) is 0 Å². The van der Waals surface area contributed by atoms with Crippen LogP contribution in [0.25, 0.3) is 10.9 Å². The number of carbonyl (C=O) groups is 3. The number of halogens is 1. The molecule has 2 rings (SSSR count). The van der Waals surface area contributed by atoms with Gasteiger partial charge in [0.2, 0.25) is 0 Å². The molecule has 0 saturated heterocycles. The van der Waals surface area contributed by atoms with E-state index < -0.39 is 23.9 Å². The standard InChI is InChI=1S/C24H34N2O5.ClH/c1-4-30-23(28)17(13-18-15-26-22-8-6-5-7-20(18)22)14-19(27)9-10-21(25)24(29)31-12-11-16(2)3;/h5-8,15-17,21,26H,4,9-14,25H2,1-3H3;1H/t17-,21+;/m0./s1. The van der Waals surface area contributed by atoms with Crippen molar-refractivity contribution in [3.05, 3.63) is 36.0 Å². The summed E-state index contributed by atoms with van der Waals surface area (Å²) in [4.78, 5) is 40.2. The van der Waals surface area contributed by atoms with Gasteiger partial charge in [0.05, 0.1) is 19.1 Å². The van der Waals surface area contributed by atoms with Gasteiger partial charge >= 0.3 is 11.9 Å². The van der Waals surface area contributed by atoms with Crippen LogP contribution in [0.2, 0.25) is 0 Å². The van der Waals surface area contributed by atoms with Gasteiger partial charge in [0.1, 0.15) is 11.8 Å². The van der Waals surface area contributed by atoms with Crippen LogP contribution in [0.5, 0.6) is 0 Å². The average molecular weight is 467 g/mol. The minimum absolute atomic E-state index is 0. The van der Waals surface area contributed by atoms with Crippen molar-refractivity contribution >= 4 is 41.0 Å². The fourth-order valence-electron chi connectivity index (χ4n) is 3.38. The molecule has 32 heavy (non-hydrogen) atoms. The number of nitrogens with one attached hydrogen (secondary N) is 1. The van der Waals surface area contributed by atoms with Gasteiger partial charge in [-0.25, -0.2) is 0 Å². The lowest BCUT2D eigenvalue weighted by molar-refractivity contribution is -0.150. The number of benzene rings is 1. The minimum Gasteiger partial charge on any atom is -0.466 e. The van der Waals surface area contributed by atoms with Gasteiger partial charge in [0, 0.05) is 29.9 Å². The van der Waals surface area contributed by atoms with Gasteiger partial charge < -0.3 is 20.2 Å². The van der Waals surface area contributed by atoms with Crippen LogP contribution < -0.4 is 5.73 Å². The Labute approximate surface area is 195 Å². The van der Waals surface area contributed by atoms with Gasteiger partial charge in [-0.1, -0.05) is 32.0 Å². The third-order valence-electron chi connectivity index (χ3n) is 5.21. The predicted molar refractivity (Wildman–Crippen MR) is 127 cm³/mol. The normalized spacial score (nSPS) is 12.8. The topological polar surface area (TPSA) is 111 Å². The molecule has 178 valence electrons. The number of rotatable bonds is 13. The number of carbonyl (C=O) groups excluding carboxylic acids is 3. The molecule has 8 heteroatoms. The number of H-pyrrole nitrogens is 1. The second-order valence-electron chi connectivity index (χ2n) is 8.25. The van der Waals surface area contributed by atoms with Crippen molar-refractivity contribution in [3.63, 3.8) is 0 Å². The molecule has 0 aliphatic rings. The number of esters is 2. The van der Waals surface area contributed by atoms with Crippen molar-refractivity contribution in [2.24, 2.45) is 17.6 Å². The number of aromatic nitrogens is 1. The van der Waals surface area contributed by atoms with Gasteiger partial charge in [-0.3, -0.25) is 14.4 Å². The number of ether oxygens (including phenoxy) is 2. The molecule has 1 heterocycles. The fraction of sp³-hybridized carbons (Fsp3) is 0.542. The molecule has 0 radical (unpaired) electrons. The highest BCUT2D eigenvalue weighted by atomic mass is 35.5. The zero-order valence-corrected chi connectivity index (χ0v) is 19.9. The van der Waals surface area contributed by atoms with Crippen LogP contribution in [0.1, 0.15) is 52.0 Å². The van der Waals surface area contributed by atoms with Crippen molar-refractivity contribution in [2.75, 3.05) is 13.2 Å². The first-order valence-corrected chi connectivity index (χ1v) is 11.0. The maximum atomic E-state index is 12.6. The van der Waals surface area contributed by atoms with Crippen LogP contribution >= 0.6 is 12.4 Å². The van der Waals surface area contributed by atoms with Crippen LogP contribution in [0, 0.1) is 11.8 Å². The Morgan fingerprint density at radius 2 is 1.78 bits per heavy atom. The predicted octanol–water partition coefficient (Wildman–Crippen LogP) is 3.97. The highest BCUT2D eigenvalue weighted by Crippen LogP contribution is 2.23. The van der Waals surface area contributed by atoms with Crippen molar-refractivity contribution in [1.82, 2.24) is 4.98 Å². The summed E-state index contributed by atoms with van der Waals surface area (Å²) in [5.41, 5.74) is 7.81. The molecule has 0 saturated carbocycles. The highest BCUT2D eigenvalue weighted by molar-refractivity contribution is 5.87. The molecule has 2 atom stereocenters. The van der Waals surface area contributed by atoms with Crippen molar-refractivity contribution in [3.8, 4) is 0 Å². The number of hydrogen-bond donors (Lipinski definition) is 2. The molecule has 2 aromatic rings. The van der Waals surface area contributed by atoms with E-state index in [0.29, 0.717) is 18.9 Å². The molecule has 3 N–H and O–H groups in total. The Morgan fingerprint density at radius 3 is 2.47 bits per heavy atom. The second-order valence-corrected chi connectivity index (χ2v) is 8.25. The van der Waals surface area contributed by atoms with Crippen molar-refractivity contribution in [2.45, 2.75) is 58.9 Å². The quantitative estimate of drug-likeness (QED) is 0.432. The SMILES string of the molecule is CCOC(=O)[C@H](CC(=O)CC[C@@H](N)C(=O)OCCC(C)C)Cc1c[nH]c2ccccc12.Cl. The fourth-order valence-corrected chi connectivity index (χ4v) is 3.38. The molecular weight excluding hydrogens is 432 g/mol. The molecule has 0 aliphatic carbocycles. The molecular formula is C24H35ClN2O5. The zero-order valence-electron chi connectivity index (χ0n) is 19.1. The maximum absolute atomic E-state index is 12.6. The van der Waals surface area contributed by atoms with E-state index in [9.17, 15) is 14.4 Å². The smallest absolute Gasteiger partial charge is 0.322 e. The van der Waals surface area contributed by atoms with Crippen molar-refractivity contribution in [1.29, 1.82) is 0 Å². The van der Waals surface area contributed by atoms with E-state index in [2.05, 4.69) is 4.98 Å². The average Bonchev–Trinajstić information content (AvgIpc) is 3.14. The summed E-state index contributed by atoms with van der Waals surface area (Å²) in [6, 6.07) is 6.98. The Hall–Kier alpha value is -2.38. The third-order valence-corrected chi connectivity index (χ3v) is 5.21. The number of Topliss-reactive ketones (excluding diaryl/α,β-unsaturated/α-hetero) is 1. The zero-order chi connectivity index (χ0) is 22.8. The van der Waals surface area contributed by atoms with E-state index in [0.717, 1.165) is 22.9 Å². The van der Waals surface area contributed by atoms with Crippen LogP contribution in [0.15, 0.2) is 30.5 Å². The first-order chi connectivity index (χ1) is 14.8. The van der Waals surface area contributed by atoms with E-state index >= 15 is 0 Å². The number of aromatic amines is 1. The van der Waals surface area contributed by atoms with Crippen LogP contribution in [0.3, 0.4) is 0 Å². The lowest BCUT2D eigenvalue weighted by Crippen LogP contribution is -2.33. The van der Waals surface area contributed by atoms with Gasteiger partial charge in [-0.05, 0) is 43.7 Å². The second kappa shape index (κ2) is 13.9. The number of hydrogen-bond acceptors (Lipinski definition) is 6. The largest absolute Gasteiger partial charge is 0.466 e. The molecule has 0 amide bonds. The minimum atomic E-state index is -0.842. The lowest BCUT2D eigenvalue weighted by atomic mass is 9.92. The Balaban J connectivity index is 0.00000512. The lowest BCUT2D eigenvalue weighted by Gasteiger charge is -2.16. The summed E-state index contributed by atoms with van der Waals surface area (Å²) in [6.45, 7) is 6.41. The summed E-state index contributed by atoms with van der Waals surface area (Å²) in [5.74, 6) is -1.15. The molecule has 0 spiro atoms. The molecule has 7 nitrogen and oxygen atoms in total.